The minimum atomic E-state index is -0.923. The van der Waals surface area contributed by atoms with Crippen LogP contribution in [0.5, 0.6) is 0 Å². The lowest BCUT2D eigenvalue weighted by Crippen LogP contribution is -2.30. The van der Waals surface area contributed by atoms with Crippen molar-refractivity contribution in [2.45, 2.75) is 25.8 Å². The summed E-state index contributed by atoms with van der Waals surface area (Å²) in [7, 11) is 0. The van der Waals surface area contributed by atoms with Crippen LogP contribution in [0.1, 0.15) is 41.7 Å². The fraction of sp³-hybridized carbons (Fsp3) is 0.333. The molecule has 126 valence electrons. The Kier molecular flexibility index (Phi) is 4.74. The first-order valence-electron chi connectivity index (χ1n) is 8.02. The van der Waals surface area contributed by atoms with E-state index >= 15 is 0 Å². The van der Waals surface area contributed by atoms with Gasteiger partial charge in [-0.2, -0.15) is 0 Å². The van der Waals surface area contributed by atoms with Crippen LogP contribution in [0.4, 0.5) is 14.6 Å². The molecule has 2 heterocycles. The van der Waals surface area contributed by atoms with Gasteiger partial charge >= 0.3 is 0 Å². The van der Waals surface area contributed by atoms with Crippen molar-refractivity contribution < 1.29 is 13.6 Å². The molecule has 3 rings (SSSR count). The van der Waals surface area contributed by atoms with E-state index in [-0.39, 0.29) is 5.91 Å². The summed E-state index contributed by atoms with van der Waals surface area (Å²) in [6.07, 6.45) is 3.84. The van der Waals surface area contributed by atoms with Crippen molar-refractivity contribution in [3.63, 3.8) is 0 Å². The van der Waals surface area contributed by atoms with Gasteiger partial charge in [-0.25, -0.2) is 13.8 Å². The van der Waals surface area contributed by atoms with E-state index in [0.29, 0.717) is 16.9 Å². The molecule has 0 spiro atoms. The van der Waals surface area contributed by atoms with Gasteiger partial charge in [0, 0.05) is 19.3 Å². The number of anilines is 1. The molecule has 1 aromatic carbocycles. The summed E-state index contributed by atoms with van der Waals surface area (Å²) < 4.78 is 26.4. The van der Waals surface area contributed by atoms with Gasteiger partial charge in [0.05, 0.1) is 11.6 Å². The van der Waals surface area contributed by atoms with Gasteiger partial charge < -0.3 is 10.2 Å². The summed E-state index contributed by atoms with van der Waals surface area (Å²) in [6.45, 7) is 3.50. The van der Waals surface area contributed by atoms with Gasteiger partial charge in [0.15, 0.2) is 11.6 Å². The highest BCUT2D eigenvalue weighted by atomic mass is 19.2. The third-order valence-corrected chi connectivity index (χ3v) is 4.23. The van der Waals surface area contributed by atoms with E-state index in [1.807, 2.05) is 0 Å². The Balaban J connectivity index is 1.78. The molecule has 1 aliphatic rings. The smallest absolute Gasteiger partial charge is 0.255 e. The zero-order valence-corrected chi connectivity index (χ0v) is 13.4. The SMILES string of the molecule is CC(NC(=O)c1cccnc1N1CCCC1)c1ccc(F)c(F)c1. The summed E-state index contributed by atoms with van der Waals surface area (Å²) in [4.78, 5) is 19.0. The molecule has 1 N–H and O–H groups in total. The molecule has 0 aliphatic carbocycles. The van der Waals surface area contributed by atoms with Gasteiger partial charge in [0.25, 0.3) is 5.91 Å². The van der Waals surface area contributed by atoms with Crippen molar-refractivity contribution in [1.82, 2.24) is 10.3 Å². The van der Waals surface area contributed by atoms with Crippen molar-refractivity contribution in [3.05, 3.63) is 59.3 Å². The molecule has 1 aromatic heterocycles. The molecule has 1 amide bonds. The minimum Gasteiger partial charge on any atom is -0.356 e. The molecule has 0 bridgehead atoms. The summed E-state index contributed by atoms with van der Waals surface area (Å²) >= 11 is 0. The Bertz CT molecular complexity index is 745. The number of hydrogen-bond donors (Lipinski definition) is 1. The van der Waals surface area contributed by atoms with Gasteiger partial charge in [-0.05, 0) is 49.6 Å². The molecule has 0 radical (unpaired) electrons. The molecular weight excluding hydrogens is 312 g/mol. The van der Waals surface area contributed by atoms with Crippen LogP contribution >= 0.6 is 0 Å². The van der Waals surface area contributed by atoms with Crippen LogP contribution in [0.2, 0.25) is 0 Å². The van der Waals surface area contributed by atoms with Crippen LogP contribution in [0.25, 0.3) is 0 Å². The number of pyridine rings is 1. The number of carbonyl (C=O) groups excluding carboxylic acids is 1. The maximum atomic E-state index is 13.4. The van der Waals surface area contributed by atoms with Crippen molar-refractivity contribution in [2.75, 3.05) is 18.0 Å². The second kappa shape index (κ2) is 6.95. The fourth-order valence-electron chi connectivity index (χ4n) is 2.89. The summed E-state index contributed by atoms with van der Waals surface area (Å²) in [5, 5.41) is 2.83. The lowest BCUT2D eigenvalue weighted by atomic mass is 10.1. The highest BCUT2D eigenvalue weighted by Crippen LogP contribution is 2.23. The Morgan fingerprint density at radius 3 is 2.67 bits per heavy atom. The lowest BCUT2D eigenvalue weighted by Gasteiger charge is -2.21. The largest absolute Gasteiger partial charge is 0.356 e. The maximum absolute atomic E-state index is 13.4. The number of hydrogen-bond acceptors (Lipinski definition) is 3. The number of rotatable bonds is 4. The third-order valence-electron chi connectivity index (χ3n) is 4.23. The lowest BCUT2D eigenvalue weighted by molar-refractivity contribution is 0.0940. The van der Waals surface area contributed by atoms with Crippen molar-refractivity contribution in [2.24, 2.45) is 0 Å². The Hall–Kier alpha value is -2.50. The highest BCUT2D eigenvalue weighted by molar-refractivity contribution is 5.99. The second-order valence-corrected chi connectivity index (χ2v) is 5.94. The minimum absolute atomic E-state index is 0.276. The van der Waals surface area contributed by atoms with E-state index in [1.54, 1.807) is 25.3 Å². The molecular formula is C18H19F2N3O. The van der Waals surface area contributed by atoms with E-state index in [1.165, 1.54) is 6.07 Å². The van der Waals surface area contributed by atoms with Crippen LogP contribution in [-0.4, -0.2) is 24.0 Å². The van der Waals surface area contributed by atoms with Crippen LogP contribution in [0.15, 0.2) is 36.5 Å². The standard InChI is InChI=1S/C18H19F2N3O/c1-12(13-6-7-15(19)16(20)11-13)22-18(24)14-5-4-8-21-17(14)23-9-2-3-10-23/h4-8,11-12H,2-3,9-10H2,1H3,(H,22,24). The van der Waals surface area contributed by atoms with E-state index in [2.05, 4.69) is 15.2 Å². The zero-order valence-electron chi connectivity index (χ0n) is 13.4. The number of aromatic nitrogens is 1. The predicted molar refractivity (Wildman–Crippen MR) is 87.9 cm³/mol. The van der Waals surface area contributed by atoms with Crippen LogP contribution in [-0.2, 0) is 0 Å². The molecule has 1 saturated heterocycles. The van der Waals surface area contributed by atoms with Crippen LogP contribution in [0.3, 0.4) is 0 Å². The summed E-state index contributed by atoms with van der Waals surface area (Å²) in [6, 6.07) is 6.63. The quantitative estimate of drug-likeness (QED) is 0.933. The van der Waals surface area contributed by atoms with Gasteiger partial charge in [0.2, 0.25) is 0 Å². The molecule has 4 nitrogen and oxygen atoms in total. The predicted octanol–water partition coefficient (Wildman–Crippen LogP) is 3.45. The summed E-state index contributed by atoms with van der Waals surface area (Å²) in [5.41, 5.74) is 1.00. The van der Waals surface area contributed by atoms with E-state index < -0.39 is 17.7 Å². The molecule has 1 fully saturated rings. The third kappa shape index (κ3) is 3.37. The molecule has 0 saturated carbocycles. The first-order valence-corrected chi connectivity index (χ1v) is 8.02. The van der Waals surface area contributed by atoms with E-state index in [4.69, 9.17) is 0 Å². The van der Waals surface area contributed by atoms with Crippen molar-refractivity contribution in [3.8, 4) is 0 Å². The normalized spacial score (nSPS) is 15.4. The molecule has 1 atom stereocenters. The maximum Gasteiger partial charge on any atom is 0.255 e. The number of benzene rings is 1. The van der Waals surface area contributed by atoms with E-state index in [0.717, 1.165) is 38.1 Å². The van der Waals surface area contributed by atoms with E-state index in [9.17, 15) is 13.6 Å². The average molecular weight is 331 g/mol. The first kappa shape index (κ1) is 16.4. The molecule has 6 heteroatoms. The number of halogens is 2. The Labute approximate surface area is 139 Å². The molecule has 1 unspecified atom stereocenters. The van der Waals surface area contributed by atoms with Crippen LogP contribution in [0, 0.1) is 11.6 Å². The van der Waals surface area contributed by atoms with Gasteiger partial charge in [-0.15, -0.1) is 0 Å². The molecule has 1 aliphatic heterocycles. The second-order valence-electron chi connectivity index (χ2n) is 5.94. The highest BCUT2D eigenvalue weighted by Gasteiger charge is 2.21. The number of carbonyl (C=O) groups is 1. The molecule has 24 heavy (non-hydrogen) atoms. The Morgan fingerprint density at radius 2 is 1.96 bits per heavy atom. The fourth-order valence-corrected chi connectivity index (χ4v) is 2.89. The number of nitrogens with one attached hydrogen (secondary N) is 1. The van der Waals surface area contributed by atoms with Gasteiger partial charge in [-0.3, -0.25) is 4.79 Å². The topological polar surface area (TPSA) is 45.2 Å². The van der Waals surface area contributed by atoms with Crippen molar-refractivity contribution in [1.29, 1.82) is 0 Å². The average Bonchev–Trinajstić information content (AvgIpc) is 3.11. The Morgan fingerprint density at radius 1 is 1.21 bits per heavy atom. The monoisotopic (exact) mass is 331 g/mol. The number of nitrogens with zero attached hydrogens (tertiary/aromatic N) is 2. The van der Waals surface area contributed by atoms with Crippen molar-refractivity contribution >= 4 is 11.7 Å². The van der Waals surface area contributed by atoms with Gasteiger partial charge in [0.1, 0.15) is 5.82 Å². The summed E-state index contributed by atoms with van der Waals surface area (Å²) in [5.74, 6) is -1.43. The van der Waals surface area contributed by atoms with Crippen LogP contribution < -0.4 is 10.2 Å². The first-order chi connectivity index (χ1) is 11.6. The van der Waals surface area contributed by atoms with Gasteiger partial charge in [-0.1, -0.05) is 6.07 Å². The zero-order chi connectivity index (χ0) is 17.1. The number of amides is 1. The molecule has 2 aromatic rings.